The molecule has 0 unspecified atom stereocenters. The first kappa shape index (κ1) is 11.8. The van der Waals surface area contributed by atoms with Gasteiger partial charge in [-0.2, -0.15) is 0 Å². The van der Waals surface area contributed by atoms with Gasteiger partial charge in [0.25, 0.3) is 0 Å². The lowest BCUT2D eigenvalue weighted by Gasteiger charge is -2.24. The van der Waals surface area contributed by atoms with Crippen LogP contribution in [0.3, 0.4) is 0 Å². The van der Waals surface area contributed by atoms with Crippen LogP contribution in [0.2, 0.25) is 0 Å². The highest BCUT2D eigenvalue weighted by atomic mass is 15.2. The molecule has 13 heavy (non-hydrogen) atoms. The van der Waals surface area contributed by atoms with E-state index in [1.165, 1.54) is 4.90 Å². The third-order valence-electron chi connectivity index (χ3n) is 1.81. The zero-order valence-electron chi connectivity index (χ0n) is 8.57. The molecule has 0 spiro atoms. The van der Waals surface area contributed by atoms with Crippen LogP contribution < -0.4 is 0 Å². The Kier molecular flexibility index (Phi) is 4.96. The molecule has 0 saturated heterocycles. The standard InChI is InChI=1S/C9H18N4/c1-4-7(10)13(8(11)5-2)9(12)6-3/h10-12H,4-6H2,1-3H3. The van der Waals surface area contributed by atoms with Crippen LogP contribution in [0, 0.1) is 16.2 Å². The normalized spacial score (nSPS) is 9.46. The van der Waals surface area contributed by atoms with E-state index in [0.29, 0.717) is 36.8 Å². The van der Waals surface area contributed by atoms with E-state index in [1.807, 2.05) is 20.8 Å². The van der Waals surface area contributed by atoms with Crippen molar-refractivity contribution in [1.82, 2.24) is 4.90 Å². The second-order valence-electron chi connectivity index (χ2n) is 2.74. The Hall–Kier alpha value is -1.19. The summed E-state index contributed by atoms with van der Waals surface area (Å²) in [5.41, 5.74) is 0. The summed E-state index contributed by atoms with van der Waals surface area (Å²) in [6.07, 6.45) is 1.68. The monoisotopic (exact) mass is 182 g/mol. The molecule has 0 aromatic carbocycles. The number of nitrogens with zero attached hydrogens (tertiary/aromatic N) is 1. The summed E-state index contributed by atoms with van der Waals surface area (Å²) in [4.78, 5) is 1.42. The molecule has 4 heteroatoms. The molecule has 74 valence electrons. The number of rotatable bonds is 3. The molecular weight excluding hydrogens is 164 g/mol. The molecule has 0 aromatic heterocycles. The molecule has 0 fully saturated rings. The van der Waals surface area contributed by atoms with Gasteiger partial charge in [0.05, 0.1) is 0 Å². The fraction of sp³-hybridized carbons (Fsp3) is 0.667. The smallest absolute Gasteiger partial charge is 0.106 e. The van der Waals surface area contributed by atoms with E-state index in [4.69, 9.17) is 16.2 Å². The minimum Gasteiger partial charge on any atom is -0.288 e. The topological polar surface area (TPSA) is 74.8 Å². The molecule has 0 radical (unpaired) electrons. The Morgan fingerprint density at radius 3 is 1.15 bits per heavy atom. The fourth-order valence-corrected chi connectivity index (χ4v) is 0.963. The molecule has 0 aliphatic heterocycles. The zero-order valence-corrected chi connectivity index (χ0v) is 8.57. The van der Waals surface area contributed by atoms with Crippen molar-refractivity contribution in [3.05, 3.63) is 0 Å². The van der Waals surface area contributed by atoms with E-state index in [-0.39, 0.29) is 0 Å². The minimum atomic E-state index is 0.332. The van der Waals surface area contributed by atoms with Gasteiger partial charge in [-0.05, 0) is 0 Å². The first-order valence-corrected chi connectivity index (χ1v) is 4.60. The lowest BCUT2D eigenvalue weighted by molar-refractivity contribution is 0.783. The average Bonchev–Trinajstić information content (AvgIpc) is 2.16. The molecule has 3 N–H and O–H groups in total. The van der Waals surface area contributed by atoms with Gasteiger partial charge in [0.1, 0.15) is 17.5 Å². The Bertz CT molecular complexity index is 182. The predicted octanol–water partition coefficient (Wildman–Crippen LogP) is 2.45. The van der Waals surface area contributed by atoms with E-state index in [2.05, 4.69) is 0 Å². The average molecular weight is 182 g/mol. The Morgan fingerprint density at radius 1 is 0.769 bits per heavy atom. The number of nitrogens with one attached hydrogen (secondary N) is 3. The van der Waals surface area contributed by atoms with Crippen molar-refractivity contribution >= 4 is 17.5 Å². The third-order valence-corrected chi connectivity index (χ3v) is 1.81. The summed E-state index contributed by atoms with van der Waals surface area (Å²) >= 11 is 0. The number of hydrogen-bond donors (Lipinski definition) is 3. The molecule has 4 nitrogen and oxygen atoms in total. The van der Waals surface area contributed by atoms with Crippen molar-refractivity contribution in [3.8, 4) is 0 Å². The molecule has 0 aliphatic rings. The highest BCUT2D eigenvalue weighted by molar-refractivity contribution is 6.13. The summed E-state index contributed by atoms with van der Waals surface area (Å²) < 4.78 is 0. The lowest BCUT2D eigenvalue weighted by Crippen LogP contribution is -2.39. The minimum absolute atomic E-state index is 0.332. The quantitative estimate of drug-likeness (QED) is 0.455. The van der Waals surface area contributed by atoms with Gasteiger partial charge in [0.2, 0.25) is 0 Å². The Morgan fingerprint density at radius 2 is 1.00 bits per heavy atom. The summed E-state index contributed by atoms with van der Waals surface area (Å²) in [5.74, 6) is 0.996. The van der Waals surface area contributed by atoms with E-state index >= 15 is 0 Å². The van der Waals surface area contributed by atoms with Gasteiger partial charge in [-0.15, -0.1) is 0 Å². The lowest BCUT2D eigenvalue weighted by atomic mass is 10.2. The van der Waals surface area contributed by atoms with Crippen LogP contribution in [-0.4, -0.2) is 22.4 Å². The molecule has 0 atom stereocenters. The molecule has 0 heterocycles. The third kappa shape index (κ3) is 2.97. The second kappa shape index (κ2) is 5.45. The van der Waals surface area contributed by atoms with Crippen molar-refractivity contribution < 1.29 is 0 Å². The van der Waals surface area contributed by atoms with Gasteiger partial charge >= 0.3 is 0 Å². The van der Waals surface area contributed by atoms with Gasteiger partial charge in [0.15, 0.2) is 0 Å². The van der Waals surface area contributed by atoms with E-state index < -0.39 is 0 Å². The largest absolute Gasteiger partial charge is 0.288 e. The predicted molar refractivity (Wildman–Crippen MR) is 55.9 cm³/mol. The maximum Gasteiger partial charge on any atom is 0.106 e. The van der Waals surface area contributed by atoms with Crippen LogP contribution in [-0.2, 0) is 0 Å². The summed E-state index contributed by atoms with van der Waals surface area (Å²) in [7, 11) is 0. The number of amidine groups is 3. The first-order chi connectivity index (χ1) is 6.08. The van der Waals surface area contributed by atoms with Gasteiger partial charge in [-0.3, -0.25) is 21.1 Å². The van der Waals surface area contributed by atoms with Gasteiger partial charge in [-0.25, -0.2) is 0 Å². The van der Waals surface area contributed by atoms with Crippen LogP contribution >= 0.6 is 0 Å². The van der Waals surface area contributed by atoms with Crippen molar-refractivity contribution in [2.75, 3.05) is 0 Å². The van der Waals surface area contributed by atoms with Crippen molar-refractivity contribution in [2.45, 2.75) is 40.0 Å². The maximum absolute atomic E-state index is 7.61. The molecule has 0 bridgehead atoms. The second-order valence-corrected chi connectivity index (χ2v) is 2.74. The van der Waals surface area contributed by atoms with Crippen LogP contribution in [0.5, 0.6) is 0 Å². The van der Waals surface area contributed by atoms with Crippen LogP contribution in [0.25, 0.3) is 0 Å². The summed E-state index contributed by atoms with van der Waals surface area (Å²) in [6, 6.07) is 0. The highest BCUT2D eigenvalue weighted by Crippen LogP contribution is 2.02. The van der Waals surface area contributed by atoms with Crippen molar-refractivity contribution in [1.29, 1.82) is 16.2 Å². The van der Waals surface area contributed by atoms with Gasteiger partial charge in [0, 0.05) is 19.3 Å². The highest BCUT2D eigenvalue weighted by Gasteiger charge is 2.15. The van der Waals surface area contributed by atoms with Crippen LogP contribution in [0.15, 0.2) is 0 Å². The van der Waals surface area contributed by atoms with Gasteiger partial charge < -0.3 is 0 Å². The molecule has 0 rings (SSSR count). The van der Waals surface area contributed by atoms with Crippen molar-refractivity contribution in [2.24, 2.45) is 0 Å². The number of hydrogen-bond acceptors (Lipinski definition) is 3. The maximum atomic E-state index is 7.61. The Balaban J connectivity index is 4.64. The summed E-state index contributed by atoms with van der Waals surface area (Å²) in [6.45, 7) is 5.59. The van der Waals surface area contributed by atoms with Gasteiger partial charge in [-0.1, -0.05) is 20.8 Å². The van der Waals surface area contributed by atoms with E-state index in [0.717, 1.165) is 0 Å². The van der Waals surface area contributed by atoms with Crippen LogP contribution in [0.4, 0.5) is 0 Å². The molecule has 0 saturated carbocycles. The SMILES string of the molecule is CCC(=N)N(C(=N)CC)C(=N)CC. The summed E-state index contributed by atoms with van der Waals surface area (Å²) in [5, 5.41) is 22.8. The molecule has 0 aromatic rings. The van der Waals surface area contributed by atoms with E-state index in [1.54, 1.807) is 0 Å². The van der Waals surface area contributed by atoms with Crippen LogP contribution in [0.1, 0.15) is 40.0 Å². The van der Waals surface area contributed by atoms with Crippen molar-refractivity contribution in [3.63, 3.8) is 0 Å². The molecule has 0 aliphatic carbocycles. The molecule has 0 amide bonds. The fourth-order valence-electron chi connectivity index (χ4n) is 0.963. The Labute approximate surface area is 79.5 Å². The molecular formula is C9H18N4. The zero-order chi connectivity index (χ0) is 10.4. The van der Waals surface area contributed by atoms with E-state index in [9.17, 15) is 0 Å². The first-order valence-electron chi connectivity index (χ1n) is 4.60.